The molecule has 0 atom stereocenters. The van der Waals surface area contributed by atoms with Gasteiger partial charge in [-0.25, -0.2) is 4.98 Å². The molecular formula is C14H13NO2S. The predicted molar refractivity (Wildman–Crippen MR) is 70.9 cm³/mol. The van der Waals surface area contributed by atoms with E-state index in [0.717, 1.165) is 16.5 Å². The summed E-state index contributed by atoms with van der Waals surface area (Å²) in [5, 5.41) is 11.4. The van der Waals surface area contributed by atoms with Crippen LogP contribution in [0.4, 0.5) is 0 Å². The molecule has 0 spiro atoms. The number of carboxylic acid groups (broad SMARTS) is 1. The smallest absolute Gasteiger partial charge is 0.309 e. The Kier molecular flexibility index (Phi) is 2.88. The number of carbonyl (C=O) groups is 1. The molecule has 0 radical (unpaired) electrons. The third-order valence-corrected chi connectivity index (χ3v) is 4.03. The van der Waals surface area contributed by atoms with Gasteiger partial charge in [0.2, 0.25) is 0 Å². The fourth-order valence-electron chi connectivity index (χ4n) is 1.99. The summed E-state index contributed by atoms with van der Waals surface area (Å²) in [6.07, 6.45) is 2.61. The average Bonchev–Trinajstić information content (AvgIpc) is 3.10. The molecule has 18 heavy (non-hydrogen) atoms. The summed E-state index contributed by atoms with van der Waals surface area (Å²) in [5.74, 6) is -0.0751. The van der Waals surface area contributed by atoms with Gasteiger partial charge in [0, 0.05) is 10.9 Å². The highest BCUT2D eigenvalue weighted by molar-refractivity contribution is 7.13. The van der Waals surface area contributed by atoms with Crippen LogP contribution in [0.3, 0.4) is 0 Å². The lowest BCUT2D eigenvalue weighted by Crippen LogP contribution is -1.99. The van der Waals surface area contributed by atoms with Crippen molar-refractivity contribution < 1.29 is 9.90 Å². The molecule has 0 unspecified atom stereocenters. The van der Waals surface area contributed by atoms with Crippen LogP contribution in [-0.4, -0.2) is 16.1 Å². The van der Waals surface area contributed by atoms with E-state index in [9.17, 15) is 4.79 Å². The first-order valence-electron chi connectivity index (χ1n) is 5.99. The number of rotatable bonds is 4. The number of hydrogen-bond acceptors (Lipinski definition) is 3. The summed E-state index contributed by atoms with van der Waals surface area (Å²) in [6.45, 7) is 0. The van der Waals surface area contributed by atoms with Gasteiger partial charge in [-0.05, 0) is 24.3 Å². The number of thiazole rings is 1. The Bertz CT molecular complexity index is 570. The SMILES string of the molecule is O=C(O)Cc1csc(-c2ccc(C3CC3)cc2)n1. The first kappa shape index (κ1) is 11.4. The number of aromatic nitrogens is 1. The van der Waals surface area contributed by atoms with Crippen LogP contribution in [0.1, 0.15) is 30.0 Å². The van der Waals surface area contributed by atoms with Gasteiger partial charge in [0.05, 0.1) is 12.1 Å². The minimum atomic E-state index is -0.837. The lowest BCUT2D eigenvalue weighted by Gasteiger charge is -1.99. The number of nitrogens with zero attached hydrogens (tertiary/aromatic N) is 1. The topological polar surface area (TPSA) is 50.2 Å². The van der Waals surface area contributed by atoms with Crippen LogP contribution in [0.25, 0.3) is 10.6 Å². The molecule has 1 aliphatic carbocycles. The molecule has 0 amide bonds. The minimum Gasteiger partial charge on any atom is -0.481 e. The zero-order valence-corrected chi connectivity index (χ0v) is 10.6. The van der Waals surface area contributed by atoms with Gasteiger partial charge < -0.3 is 5.11 Å². The van der Waals surface area contributed by atoms with E-state index in [0.29, 0.717) is 5.69 Å². The van der Waals surface area contributed by atoms with Gasteiger partial charge in [-0.3, -0.25) is 4.79 Å². The van der Waals surface area contributed by atoms with E-state index in [4.69, 9.17) is 5.11 Å². The first-order valence-corrected chi connectivity index (χ1v) is 6.87. The molecule has 1 aromatic heterocycles. The van der Waals surface area contributed by atoms with Gasteiger partial charge in [-0.15, -0.1) is 11.3 Å². The van der Waals surface area contributed by atoms with Gasteiger partial charge in [0.15, 0.2) is 0 Å². The van der Waals surface area contributed by atoms with Crippen molar-refractivity contribution in [2.45, 2.75) is 25.2 Å². The lowest BCUT2D eigenvalue weighted by molar-refractivity contribution is -0.136. The van der Waals surface area contributed by atoms with E-state index in [1.165, 1.54) is 29.7 Å². The van der Waals surface area contributed by atoms with Crippen molar-refractivity contribution in [2.75, 3.05) is 0 Å². The normalized spacial score (nSPS) is 14.7. The first-order chi connectivity index (χ1) is 8.72. The third kappa shape index (κ3) is 2.43. The van der Waals surface area contributed by atoms with Crippen LogP contribution in [0.2, 0.25) is 0 Å². The van der Waals surface area contributed by atoms with Crippen LogP contribution in [0.15, 0.2) is 29.6 Å². The van der Waals surface area contributed by atoms with E-state index in [1.54, 1.807) is 0 Å². The molecule has 1 aliphatic rings. The van der Waals surface area contributed by atoms with Gasteiger partial charge in [0.1, 0.15) is 5.01 Å². The molecule has 2 aromatic rings. The number of hydrogen-bond donors (Lipinski definition) is 1. The highest BCUT2D eigenvalue weighted by atomic mass is 32.1. The van der Waals surface area contributed by atoms with Crippen molar-refractivity contribution in [2.24, 2.45) is 0 Å². The van der Waals surface area contributed by atoms with Crippen LogP contribution < -0.4 is 0 Å². The number of carboxylic acids is 1. The molecule has 3 nitrogen and oxygen atoms in total. The second kappa shape index (κ2) is 4.53. The Balaban J connectivity index is 1.80. The molecular weight excluding hydrogens is 246 g/mol. The Morgan fingerprint density at radius 2 is 2.06 bits per heavy atom. The molecule has 1 heterocycles. The highest BCUT2D eigenvalue weighted by Gasteiger charge is 2.23. The zero-order chi connectivity index (χ0) is 12.5. The van der Waals surface area contributed by atoms with Crippen LogP contribution in [0.5, 0.6) is 0 Å². The van der Waals surface area contributed by atoms with E-state index in [1.807, 2.05) is 5.38 Å². The molecule has 0 aliphatic heterocycles. The summed E-state index contributed by atoms with van der Waals surface area (Å²) in [7, 11) is 0. The van der Waals surface area contributed by atoms with Crippen LogP contribution >= 0.6 is 11.3 Å². The summed E-state index contributed by atoms with van der Waals surface area (Å²) in [6, 6.07) is 8.48. The average molecular weight is 259 g/mol. The maximum absolute atomic E-state index is 10.6. The Hall–Kier alpha value is -1.68. The number of aliphatic carboxylic acids is 1. The molecule has 0 bridgehead atoms. The molecule has 1 N–H and O–H groups in total. The van der Waals surface area contributed by atoms with E-state index < -0.39 is 5.97 Å². The summed E-state index contributed by atoms with van der Waals surface area (Å²) < 4.78 is 0. The molecule has 1 aromatic carbocycles. The minimum absolute atomic E-state index is 0.00332. The maximum atomic E-state index is 10.6. The van der Waals surface area contributed by atoms with Crippen LogP contribution in [-0.2, 0) is 11.2 Å². The molecule has 0 saturated heterocycles. The van der Waals surface area contributed by atoms with E-state index in [-0.39, 0.29) is 6.42 Å². The van der Waals surface area contributed by atoms with Gasteiger partial charge in [-0.2, -0.15) is 0 Å². The third-order valence-electron chi connectivity index (χ3n) is 3.09. The molecule has 92 valence electrons. The summed E-state index contributed by atoms with van der Waals surface area (Å²) in [5.41, 5.74) is 3.11. The Labute approximate surface area is 109 Å². The number of benzene rings is 1. The van der Waals surface area contributed by atoms with Crippen molar-refractivity contribution in [3.05, 3.63) is 40.9 Å². The quantitative estimate of drug-likeness (QED) is 0.916. The van der Waals surface area contributed by atoms with Crippen molar-refractivity contribution in [1.29, 1.82) is 0 Å². The lowest BCUT2D eigenvalue weighted by atomic mass is 10.1. The Morgan fingerprint density at radius 1 is 1.33 bits per heavy atom. The maximum Gasteiger partial charge on any atom is 0.309 e. The summed E-state index contributed by atoms with van der Waals surface area (Å²) in [4.78, 5) is 15.0. The molecule has 3 rings (SSSR count). The second-order valence-corrected chi connectivity index (χ2v) is 5.47. The van der Waals surface area contributed by atoms with Gasteiger partial charge in [-0.1, -0.05) is 24.3 Å². The second-order valence-electron chi connectivity index (χ2n) is 4.61. The van der Waals surface area contributed by atoms with E-state index in [2.05, 4.69) is 29.2 Å². The van der Waals surface area contributed by atoms with Gasteiger partial charge in [0.25, 0.3) is 0 Å². The highest BCUT2D eigenvalue weighted by Crippen LogP contribution is 2.40. The fourth-order valence-corrected chi connectivity index (χ4v) is 2.82. The molecule has 1 fully saturated rings. The van der Waals surface area contributed by atoms with Crippen molar-refractivity contribution in [3.63, 3.8) is 0 Å². The molecule has 1 saturated carbocycles. The largest absolute Gasteiger partial charge is 0.481 e. The standard InChI is InChI=1S/C14H13NO2S/c16-13(17)7-12-8-18-14(15-12)11-5-3-10(4-6-11)9-1-2-9/h3-6,8-9H,1-2,7H2,(H,16,17). The van der Waals surface area contributed by atoms with Crippen molar-refractivity contribution >= 4 is 17.3 Å². The van der Waals surface area contributed by atoms with Crippen LogP contribution in [0, 0.1) is 0 Å². The van der Waals surface area contributed by atoms with Gasteiger partial charge >= 0.3 is 5.97 Å². The summed E-state index contributed by atoms with van der Waals surface area (Å²) >= 11 is 1.50. The van der Waals surface area contributed by atoms with Crippen molar-refractivity contribution in [3.8, 4) is 10.6 Å². The Morgan fingerprint density at radius 3 is 2.67 bits per heavy atom. The predicted octanol–water partition coefficient (Wildman–Crippen LogP) is 3.31. The monoisotopic (exact) mass is 259 g/mol. The fraction of sp³-hybridized carbons (Fsp3) is 0.286. The van der Waals surface area contributed by atoms with E-state index >= 15 is 0 Å². The zero-order valence-electron chi connectivity index (χ0n) is 9.80. The molecule has 4 heteroatoms. The van der Waals surface area contributed by atoms with Crippen molar-refractivity contribution in [1.82, 2.24) is 4.98 Å².